The third-order valence-corrected chi connectivity index (χ3v) is 5.26. The summed E-state index contributed by atoms with van der Waals surface area (Å²) < 4.78 is 36.3. The molecule has 3 rings (SSSR count). The lowest BCUT2D eigenvalue weighted by Gasteiger charge is -2.37. The van der Waals surface area contributed by atoms with E-state index in [1.807, 2.05) is 0 Å². The molecule has 0 bridgehead atoms. The first-order valence-corrected chi connectivity index (χ1v) is 7.80. The molecule has 5 nitrogen and oxygen atoms in total. The fraction of sp³-hybridized carbons (Fsp3) is 0.417. The topological polar surface area (TPSA) is 66.5 Å². The molecule has 2 aliphatic heterocycles. The van der Waals surface area contributed by atoms with E-state index in [-0.39, 0.29) is 35.8 Å². The number of nitrogens with zero attached hydrogens (tertiary/aromatic N) is 1. The Morgan fingerprint density at radius 1 is 1.21 bits per heavy atom. The maximum atomic E-state index is 12.9. The zero-order chi connectivity index (χ0) is 13.6. The second-order valence-corrected chi connectivity index (χ2v) is 7.03. The van der Waals surface area contributed by atoms with Gasteiger partial charge in [-0.05, 0) is 24.3 Å². The second kappa shape index (κ2) is 4.28. The van der Waals surface area contributed by atoms with E-state index in [1.165, 1.54) is 29.2 Å². The summed E-state index contributed by atoms with van der Waals surface area (Å²) >= 11 is 0. The number of sulfone groups is 1. The Bertz CT molecular complexity index is 614. The predicted molar refractivity (Wildman–Crippen MR) is 68.1 cm³/mol. The maximum absolute atomic E-state index is 12.9. The van der Waals surface area contributed by atoms with E-state index in [9.17, 15) is 17.6 Å². The van der Waals surface area contributed by atoms with Gasteiger partial charge in [0.2, 0.25) is 5.91 Å². The van der Waals surface area contributed by atoms with E-state index in [4.69, 9.17) is 0 Å². The quantitative estimate of drug-likeness (QED) is 0.784. The minimum absolute atomic E-state index is 0.0443. The molecule has 0 aliphatic carbocycles. The van der Waals surface area contributed by atoms with Gasteiger partial charge < -0.3 is 10.2 Å². The highest BCUT2D eigenvalue weighted by Crippen LogP contribution is 2.27. The highest BCUT2D eigenvalue weighted by atomic mass is 32.2. The molecule has 0 saturated carbocycles. The fourth-order valence-corrected chi connectivity index (χ4v) is 4.63. The molecule has 0 unspecified atom stereocenters. The standard InChI is InChI=1S/C12H13FN2O3S/c13-8-1-3-9(4-2-8)15-11-7-19(17,18)6-10(11)14-5-12(15)16/h1-4,10-11,14H,5-7H2/t10-,11+/m1/s1. The number of rotatable bonds is 1. The summed E-state index contributed by atoms with van der Waals surface area (Å²) in [6, 6.07) is 4.89. The van der Waals surface area contributed by atoms with Gasteiger partial charge >= 0.3 is 0 Å². The van der Waals surface area contributed by atoms with E-state index in [0.29, 0.717) is 5.69 Å². The summed E-state index contributed by atoms with van der Waals surface area (Å²) in [6.45, 7) is 0.105. The monoisotopic (exact) mass is 284 g/mol. The van der Waals surface area contributed by atoms with E-state index in [1.54, 1.807) is 0 Å². The van der Waals surface area contributed by atoms with Gasteiger partial charge in [-0.15, -0.1) is 0 Å². The molecule has 1 amide bonds. The van der Waals surface area contributed by atoms with Crippen molar-refractivity contribution >= 4 is 21.4 Å². The first kappa shape index (κ1) is 12.6. The summed E-state index contributed by atoms with van der Waals surface area (Å²) in [5, 5.41) is 2.95. The fourth-order valence-electron chi connectivity index (χ4n) is 2.70. The van der Waals surface area contributed by atoms with Crippen LogP contribution in [0.1, 0.15) is 0 Å². The lowest BCUT2D eigenvalue weighted by molar-refractivity contribution is -0.119. The molecule has 2 saturated heterocycles. The number of nitrogens with one attached hydrogen (secondary N) is 1. The average Bonchev–Trinajstić information content (AvgIpc) is 2.65. The smallest absolute Gasteiger partial charge is 0.241 e. The number of halogens is 1. The molecule has 0 spiro atoms. The molecule has 0 aromatic heterocycles. The van der Waals surface area contributed by atoms with Crippen LogP contribution in [0.4, 0.5) is 10.1 Å². The van der Waals surface area contributed by atoms with Gasteiger partial charge in [0.15, 0.2) is 9.84 Å². The van der Waals surface area contributed by atoms with Crippen LogP contribution in [-0.4, -0.2) is 44.5 Å². The number of hydrogen-bond donors (Lipinski definition) is 1. The van der Waals surface area contributed by atoms with Crippen molar-refractivity contribution in [3.8, 4) is 0 Å². The van der Waals surface area contributed by atoms with Crippen LogP contribution < -0.4 is 10.2 Å². The van der Waals surface area contributed by atoms with Crippen LogP contribution in [0.2, 0.25) is 0 Å². The van der Waals surface area contributed by atoms with Gasteiger partial charge in [0, 0.05) is 11.7 Å². The Hall–Kier alpha value is -1.47. The number of carbonyl (C=O) groups excluding carboxylic acids is 1. The Morgan fingerprint density at radius 3 is 2.58 bits per heavy atom. The number of fused-ring (bicyclic) bond motifs is 1. The second-order valence-electron chi connectivity index (χ2n) is 4.87. The van der Waals surface area contributed by atoms with Crippen molar-refractivity contribution in [3.63, 3.8) is 0 Å². The molecule has 19 heavy (non-hydrogen) atoms. The Kier molecular flexibility index (Phi) is 2.83. The first-order valence-electron chi connectivity index (χ1n) is 5.98. The minimum Gasteiger partial charge on any atom is -0.306 e. The van der Waals surface area contributed by atoms with Gasteiger partial charge in [-0.3, -0.25) is 4.79 Å². The van der Waals surface area contributed by atoms with Crippen LogP contribution in [-0.2, 0) is 14.6 Å². The Labute approximate surface area is 110 Å². The molecule has 1 aromatic rings. The van der Waals surface area contributed by atoms with E-state index >= 15 is 0 Å². The first-order chi connectivity index (χ1) is 8.96. The molecular weight excluding hydrogens is 271 g/mol. The van der Waals surface area contributed by atoms with Crippen LogP contribution in [0.25, 0.3) is 0 Å². The van der Waals surface area contributed by atoms with Crippen molar-refractivity contribution in [2.75, 3.05) is 23.0 Å². The summed E-state index contributed by atoms with van der Waals surface area (Å²) in [5.74, 6) is -0.581. The predicted octanol–water partition coefficient (Wildman–Crippen LogP) is -0.0725. The maximum Gasteiger partial charge on any atom is 0.241 e. The van der Waals surface area contributed by atoms with Crippen LogP contribution in [0.3, 0.4) is 0 Å². The van der Waals surface area contributed by atoms with Crippen LogP contribution in [0, 0.1) is 5.82 Å². The Morgan fingerprint density at radius 2 is 1.89 bits per heavy atom. The third-order valence-electron chi connectivity index (χ3n) is 3.54. The van der Waals surface area contributed by atoms with Crippen molar-refractivity contribution in [2.24, 2.45) is 0 Å². The highest BCUT2D eigenvalue weighted by molar-refractivity contribution is 7.91. The molecule has 102 valence electrons. The van der Waals surface area contributed by atoms with Crippen molar-refractivity contribution in [1.29, 1.82) is 0 Å². The van der Waals surface area contributed by atoms with Gasteiger partial charge in [0.25, 0.3) is 0 Å². The highest BCUT2D eigenvalue weighted by Gasteiger charge is 2.45. The summed E-state index contributed by atoms with van der Waals surface area (Å²) in [5.41, 5.74) is 0.542. The van der Waals surface area contributed by atoms with Crippen LogP contribution >= 0.6 is 0 Å². The zero-order valence-corrected chi connectivity index (χ0v) is 10.9. The third kappa shape index (κ3) is 2.23. The largest absolute Gasteiger partial charge is 0.306 e. The van der Waals surface area contributed by atoms with Gasteiger partial charge in [-0.25, -0.2) is 12.8 Å². The molecule has 7 heteroatoms. The van der Waals surface area contributed by atoms with Crippen molar-refractivity contribution < 1.29 is 17.6 Å². The SMILES string of the molecule is O=C1CN[C@@H]2CS(=O)(=O)C[C@@H]2N1c1ccc(F)cc1. The molecule has 2 fully saturated rings. The van der Waals surface area contributed by atoms with Gasteiger partial charge in [0.05, 0.1) is 24.1 Å². The molecule has 2 aliphatic rings. The number of amides is 1. The lowest BCUT2D eigenvalue weighted by Crippen LogP contribution is -2.60. The number of anilines is 1. The molecular formula is C12H13FN2O3S. The van der Waals surface area contributed by atoms with E-state index in [0.717, 1.165) is 0 Å². The summed E-state index contributed by atoms with van der Waals surface area (Å²) in [6.07, 6.45) is 0. The lowest BCUT2D eigenvalue weighted by atomic mass is 10.1. The summed E-state index contributed by atoms with van der Waals surface area (Å²) in [7, 11) is -3.13. The molecule has 0 radical (unpaired) electrons. The van der Waals surface area contributed by atoms with E-state index < -0.39 is 15.9 Å². The minimum atomic E-state index is -3.13. The average molecular weight is 284 g/mol. The summed E-state index contributed by atoms with van der Waals surface area (Å²) in [4.78, 5) is 13.5. The van der Waals surface area contributed by atoms with Crippen molar-refractivity contribution in [2.45, 2.75) is 12.1 Å². The normalized spacial score (nSPS) is 29.3. The van der Waals surface area contributed by atoms with Crippen LogP contribution in [0.15, 0.2) is 24.3 Å². The zero-order valence-electron chi connectivity index (χ0n) is 10.0. The van der Waals surface area contributed by atoms with Gasteiger partial charge in [-0.2, -0.15) is 0 Å². The van der Waals surface area contributed by atoms with Crippen LogP contribution in [0.5, 0.6) is 0 Å². The van der Waals surface area contributed by atoms with Gasteiger partial charge in [-0.1, -0.05) is 0 Å². The molecule has 1 aromatic carbocycles. The number of benzene rings is 1. The Balaban J connectivity index is 1.98. The number of carbonyl (C=O) groups is 1. The number of hydrogen-bond acceptors (Lipinski definition) is 4. The molecule has 2 heterocycles. The van der Waals surface area contributed by atoms with Crippen molar-refractivity contribution in [1.82, 2.24) is 5.32 Å². The number of piperazine rings is 1. The molecule has 2 atom stereocenters. The van der Waals surface area contributed by atoms with Gasteiger partial charge in [0.1, 0.15) is 5.82 Å². The van der Waals surface area contributed by atoms with Crippen molar-refractivity contribution in [3.05, 3.63) is 30.1 Å². The van der Waals surface area contributed by atoms with E-state index in [2.05, 4.69) is 5.32 Å². The molecule has 1 N–H and O–H groups in total.